The van der Waals surface area contributed by atoms with Gasteiger partial charge in [0.25, 0.3) is 0 Å². The van der Waals surface area contributed by atoms with E-state index in [1.165, 1.54) is 37.4 Å². The van der Waals surface area contributed by atoms with Crippen molar-refractivity contribution in [2.75, 3.05) is 36.8 Å². The standard InChI is InChI=1S/C23H26Cl2N6O3S/c24-19-4-3-5-20(25)21(19)22(32)29-17-14-26-23(27-15-17)30-16-6-8-18(9-7-16)35(33,34)28-10-13-31-11-1-2-12-31/h3-9,14-15,22,28-29,32H,1-2,10-13H2,(H,26,27,30). The molecule has 3 aromatic rings. The molecule has 12 heteroatoms. The summed E-state index contributed by atoms with van der Waals surface area (Å²) in [4.78, 5) is 10.9. The second-order valence-corrected chi connectivity index (χ2v) is 10.7. The molecule has 0 bridgehead atoms. The van der Waals surface area contributed by atoms with Gasteiger partial charge in [0.1, 0.15) is 0 Å². The Balaban J connectivity index is 1.32. The Morgan fingerprint density at radius 3 is 2.23 bits per heavy atom. The van der Waals surface area contributed by atoms with Gasteiger partial charge < -0.3 is 20.6 Å². The first kappa shape index (κ1) is 25.6. The number of aromatic nitrogens is 2. The lowest BCUT2D eigenvalue weighted by atomic mass is 10.2. The molecule has 1 atom stereocenters. The van der Waals surface area contributed by atoms with Crippen molar-refractivity contribution in [1.29, 1.82) is 0 Å². The van der Waals surface area contributed by atoms with Crippen molar-refractivity contribution < 1.29 is 13.5 Å². The smallest absolute Gasteiger partial charge is 0.240 e. The number of aliphatic hydroxyl groups is 1. The molecule has 0 spiro atoms. The van der Waals surface area contributed by atoms with E-state index >= 15 is 0 Å². The van der Waals surface area contributed by atoms with Crippen molar-refractivity contribution in [3.63, 3.8) is 0 Å². The topological polar surface area (TPSA) is 119 Å². The predicted octanol–water partition coefficient (Wildman–Crippen LogP) is 4.00. The summed E-state index contributed by atoms with van der Waals surface area (Å²) in [5.74, 6) is 0.306. The van der Waals surface area contributed by atoms with Gasteiger partial charge in [-0.05, 0) is 62.3 Å². The number of hydrogen-bond donors (Lipinski definition) is 4. The molecular formula is C23H26Cl2N6O3S. The fraction of sp³-hybridized carbons (Fsp3) is 0.304. The summed E-state index contributed by atoms with van der Waals surface area (Å²) in [7, 11) is -3.57. The van der Waals surface area contributed by atoms with Crippen LogP contribution in [0, 0.1) is 0 Å². The second kappa shape index (κ2) is 11.5. The van der Waals surface area contributed by atoms with Crippen molar-refractivity contribution in [2.45, 2.75) is 24.0 Å². The van der Waals surface area contributed by atoms with E-state index in [2.05, 4.69) is 30.2 Å². The maximum atomic E-state index is 12.5. The number of nitrogens with one attached hydrogen (secondary N) is 3. The first-order valence-corrected chi connectivity index (χ1v) is 13.4. The average Bonchev–Trinajstić information content (AvgIpc) is 3.34. The minimum absolute atomic E-state index is 0.192. The molecule has 0 saturated carbocycles. The molecule has 35 heavy (non-hydrogen) atoms. The van der Waals surface area contributed by atoms with E-state index < -0.39 is 16.3 Å². The monoisotopic (exact) mass is 536 g/mol. The van der Waals surface area contributed by atoms with Gasteiger partial charge in [0.2, 0.25) is 16.0 Å². The molecular weight excluding hydrogens is 511 g/mol. The molecule has 0 radical (unpaired) electrons. The number of aliphatic hydroxyl groups excluding tert-OH is 1. The van der Waals surface area contributed by atoms with Crippen molar-refractivity contribution in [2.24, 2.45) is 0 Å². The normalized spacial score (nSPS) is 15.2. The van der Waals surface area contributed by atoms with Gasteiger partial charge in [-0.3, -0.25) is 0 Å². The van der Waals surface area contributed by atoms with Crippen LogP contribution in [0.3, 0.4) is 0 Å². The molecule has 1 fully saturated rings. The third kappa shape index (κ3) is 6.81. The number of benzene rings is 2. The molecule has 4 rings (SSSR count). The zero-order valence-electron chi connectivity index (χ0n) is 18.8. The Morgan fingerprint density at radius 1 is 0.971 bits per heavy atom. The highest BCUT2D eigenvalue weighted by Gasteiger charge is 2.17. The van der Waals surface area contributed by atoms with Gasteiger partial charge in [-0.25, -0.2) is 23.1 Å². The van der Waals surface area contributed by atoms with Crippen molar-refractivity contribution in [1.82, 2.24) is 19.6 Å². The predicted molar refractivity (Wildman–Crippen MR) is 138 cm³/mol. The molecule has 2 aromatic carbocycles. The van der Waals surface area contributed by atoms with E-state index in [0.29, 0.717) is 46.0 Å². The van der Waals surface area contributed by atoms with E-state index in [4.69, 9.17) is 23.2 Å². The van der Waals surface area contributed by atoms with Crippen LogP contribution in [0.15, 0.2) is 59.8 Å². The summed E-state index contributed by atoms with van der Waals surface area (Å²) in [6.07, 6.45) is 4.18. The van der Waals surface area contributed by atoms with Gasteiger partial charge in [0.05, 0.1) is 23.0 Å². The number of hydrogen-bond acceptors (Lipinski definition) is 8. The van der Waals surface area contributed by atoms with Crippen LogP contribution < -0.4 is 15.4 Å². The second-order valence-electron chi connectivity index (χ2n) is 8.07. The number of halogens is 2. The Kier molecular flexibility index (Phi) is 8.42. The molecule has 1 aliphatic heterocycles. The lowest BCUT2D eigenvalue weighted by Gasteiger charge is -2.17. The van der Waals surface area contributed by atoms with Crippen LogP contribution in [-0.4, -0.2) is 54.6 Å². The van der Waals surface area contributed by atoms with Crippen molar-refractivity contribution in [3.8, 4) is 0 Å². The van der Waals surface area contributed by atoms with Crippen LogP contribution in [0.4, 0.5) is 17.3 Å². The largest absolute Gasteiger partial charge is 0.369 e. The maximum absolute atomic E-state index is 12.5. The quantitative estimate of drug-likeness (QED) is 0.287. The summed E-state index contributed by atoms with van der Waals surface area (Å²) >= 11 is 12.3. The average molecular weight is 537 g/mol. The molecule has 186 valence electrons. The third-order valence-electron chi connectivity index (χ3n) is 5.57. The van der Waals surface area contributed by atoms with E-state index in [0.717, 1.165) is 13.1 Å². The van der Waals surface area contributed by atoms with E-state index in [1.54, 1.807) is 30.3 Å². The highest BCUT2D eigenvalue weighted by molar-refractivity contribution is 7.89. The van der Waals surface area contributed by atoms with Crippen molar-refractivity contribution in [3.05, 3.63) is 70.5 Å². The summed E-state index contributed by atoms with van der Waals surface area (Å²) < 4.78 is 27.7. The molecule has 1 aromatic heterocycles. The summed E-state index contributed by atoms with van der Waals surface area (Å²) in [6, 6.07) is 11.3. The SMILES string of the molecule is O=S(=O)(NCCN1CCCC1)c1ccc(Nc2ncc(NC(O)c3c(Cl)cccc3Cl)cn2)cc1. The highest BCUT2D eigenvalue weighted by atomic mass is 35.5. The highest BCUT2D eigenvalue weighted by Crippen LogP contribution is 2.30. The zero-order chi connectivity index (χ0) is 24.8. The summed E-state index contributed by atoms with van der Waals surface area (Å²) in [6.45, 7) is 3.15. The zero-order valence-corrected chi connectivity index (χ0v) is 21.1. The van der Waals surface area contributed by atoms with Crippen molar-refractivity contribution >= 4 is 50.5 Å². The summed E-state index contributed by atoms with van der Waals surface area (Å²) in [5.41, 5.74) is 1.45. The van der Waals surface area contributed by atoms with Gasteiger partial charge >= 0.3 is 0 Å². The summed E-state index contributed by atoms with van der Waals surface area (Å²) in [5, 5.41) is 17.0. The Morgan fingerprint density at radius 2 is 1.60 bits per heavy atom. The Labute approximate surface area is 214 Å². The minimum Gasteiger partial charge on any atom is -0.369 e. The lowest BCUT2D eigenvalue weighted by molar-refractivity contribution is 0.208. The van der Waals surface area contributed by atoms with Crippen LogP contribution in [0.1, 0.15) is 24.6 Å². The van der Waals surface area contributed by atoms with Crippen LogP contribution >= 0.6 is 23.2 Å². The van der Waals surface area contributed by atoms with Crippen LogP contribution in [0.25, 0.3) is 0 Å². The fourth-order valence-electron chi connectivity index (χ4n) is 3.74. The lowest BCUT2D eigenvalue weighted by Crippen LogP contribution is -2.33. The van der Waals surface area contributed by atoms with Gasteiger partial charge in [0, 0.05) is 34.4 Å². The number of nitrogens with zero attached hydrogens (tertiary/aromatic N) is 3. The molecule has 0 aliphatic carbocycles. The number of rotatable bonds is 10. The molecule has 2 heterocycles. The van der Waals surface area contributed by atoms with Gasteiger partial charge in [-0.1, -0.05) is 29.3 Å². The van der Waals surface area contributed by atoms with E-state index in [-0.39, 0.29) is 4.90 Å². The molecule has 4 N–H and O–H groups in total. The molecule has 0 amide bonds. The third-order valence-corrected chi connectivity index (χ3v) is 7.70. The number of likely N-dealkylation sites (tertiary alicyclic amines) is 1. The Hall–Kier alpha value is -2.47. The first-order chi connectivity index (χ1) is 16.8. The molecule has 1 aliphatic rings. The fourth-order valence-corrected chi connectivity index (χ4v) is 5.37. The molecule has 1 unspecified atom stereocenters. The van der Waals surface area contributed by atoms with E-state index in [1.807, 2.05) is 0 Å². The van der Waals surface area contributed by atoms with Crippen LogP contribution in [0.5, 0.6) is 0 Å². The van der Waals surface area contributed by atoms with Gasteiger partial charge in [-0.2, -0.15) is 0 Å². The van der Waals surface area contributed by atoms with Gasteiger partial charge in [-0.15, -0.1) is 0 Å². The van der Waals surface area contributed by atoms with Crippen LogP contribution in [0.2, 0.25) is 10.0 Å². The first-order valence-electron chi connectivity index (χ1n) is 11.1. The Bertz CT molecular complexity index is 1220. The molecule has 1 saturated heterocycles. The number of sulfonamides is 1. The van der Waals surface area contributed by atoms with E-state index in [9.17, 15) is 13.5 Å². The minimum atomic E-state index is -3.57. The maximum Gasteiger partial charge on any atom is 0.240 e. The number of anilines is 3. The van der Waals surface area contributed by atoms with Crippen LogP contribution in [-0.2, 0) is 10.0 Å². The molecule has 9 nitrogen and oxygen atoms in total. The van der Waals surface area contributed by atoms with Gasteiger partial charge in [0.15, 0.2) is 6.23 Å².